The maximum absolute atomic E-state index is 3.76. The van der Waals surface area contributed by atoms with Crippen LogP contribution in [0.3, 0.4) is 0 Å². The normalized spacial score (nSPS) is 24.5. The number of hydrogen-bond donors (Lipinski definition) is 1. The van der Waals surface area contributed by atoms with E-state index in [0.717, 1.165) is 0 Å². The van der Waals surface area contributed by atoms with Gasteiger partial charge in [-0.3, -0.25) is 0 Å². The van der Waals surface area contributed by atoms with Gasteiger partial charge in [-0.2, -0.15) is 0 Å². The van der Waals surface area contributed by atoms with Gasteiger partial charge in [-0.25, -0.2) is 0 Å². The summed E-state index contributed by atoms with van der Waals surface area (Å²) in [7, 11) is 0. The van der Waals surface area contributed by atoms with Gasteiger partial charge < -0.3 is 4.98 Å². The molecule has 0 saturated heterocycles. The van der Waals surface area contributed by atoms with Gasteiger partial charge in [0.2, 0.25) is 0 Å². The first kappa shape index (κ1) is 8.78. The van der Waals surface area contributed by atoms with Crippen molar-refractivity contribution >= 4 is 22.0 Å². The number of aromatic amines is 1. The fourth-order valence-corrected chi connectivity index (χ4v) is 3.35. The highest BCUT2D eigenvalue weighted by Gasteiger charge is 2.24. The molecule has 1 unspecified atom stereocenters. The number of allylic oxidation sites excluding steroid dienone is 1. The second-order valence-electron chi connectivity index (χ2n) is 4.21. The van der Waals surface area contributed by atoms with Crippen molar-refractivity contribution in [2.45, 2.75) is 36.9 Å². The van der Waals surface area contributed by atoms with Crippen molar-refractivity contribution in [3.8, 4) is 0 Å². The van der Waals surface area contributed by atoms with Gasteiger partial charge in [0, 0.05) is 11.4 Å². The molecule has 0 aliphatic heterocycles. The van der Waals surface area contributed by atoms with Crippen LogP contribution in [0.15, 0.2) is 6.08 Å². The second-order valence-corrected chi connectivity index (χ2v) is 5.32. The Kier molecular flexibility index (Phi) is 2.05. The lowest BCUT2D eigenvalue weighted by Gasteiger charge is -2.18. The highest BCUT2D eigenvalue weighted by Crippen LogP contribution is 2.39. The Morgan fingerprint density at radius 3 is 3.14 bits per heavy atom. The maximum atomic E-state index is 3.76. The first-order valence-electron chi connectivity index (χ1n) is 5.40. The van der Waals surface area contributed by atoms with Gasteiger partial charge >= 0.3 is 0 Å². The molecule has 2 heteroatoms. The summed E-state index contributed by atoms with van der Waals surface area (Å²) in [6, 6.07) is 0. The molecule has 1 aromatic heterocycles. The second kappa shape index (κ2) is 3.27. The zero-order chi connectivity index (χ0) is 9.54. The molecule has 1 nitrogen and oxygen atoms in total. The monoisotopic (exact) mass is 251 g/mol. The molecule has 74 valence electrons. The van der Waals surface area contributed by atoms with E-state index in [1.54, 1.807) is 11.1 Å². The van der Waals surface area contributed by atoms with Crippen molar-refractivity contribution < 1.29 is 0 Å². The van der Waals surface area contributed by atoms with Crippen molar-refractivity contribution in [2.24, 2.45) is 0 Å². The van der Waals surface area contributed by atoms with Crippen molar-refractivity contribution in [3.05, 3.63) is 28.6 Å². The number of hydrogen-bond acceptors (Lipinski definition) is 0. The number of halogens is 1. The molecule has 1 heterocycles. The van der Waals surface area contributed by atoms with Gasteiger partial charge in [0.05, 0.1) is 4.83 Å². The van der Waals surface area contributed by atoms with Crippen molar-refractivity contribution in [1.82, 2.24) is 4.98 Å². The SMILES string of the molecule is BrC1CCCc2c1[nH]c1c2CCC=C1. The number of fused-ring (bicyclic) bond motifs is 3. The fraction of sp³-hybridized carbons (Fsp3) is 0.500. The number of alkyl halides is 1. The maximum Gasteiger partial charge on any atom is 0.0549 e. The van der Waals surface area contributed by atoms with E-state index in [0.29, 0.717) is 4.83 Å². The van der Waals surface area contributed by atoms with Crippen LogP contribution >= 0.6 is 15.9 Å². The van der Waals surface area contributed by atoms with Gasteiger partial charge in [-0.15, -0.1) is 0 Å². The molecule has 0 amide bonds. The predicted molar refractivity (Wildman–Crippen MR) is 62.8 cm³/mol. The van der Waals surface area contributed by atoms with Gasteiger partial charge in [-0.05, 0) is 49.3 Å². The Morgan fingerprint density at radius 1 is 1.29 bits per heavy atom. The minimum atomic E-state index is 0.560. The number of rotatable bonds is 0. The number of aromatic nitrogens is 1. The van der Waals surface area contributed by atoms with Crippen LogP contribution in [-0.2, 0) is 12.8 Å². The lowest BCUT2D eigenvalue weighted by Crippen LogP contribution is -2.05. The lowest BCUT2D eigenvalue weighted by atomic mass is 9.91. The molecular formula is C12H14BrN. The molecule has 0 aromatic carbocycles. The van der Waals surface area contributed by atoms with Crippen LogP contribution < -0.4 is 0 Å². The molecule has 0 saturated carbocycles. The van der Waals surface area contributed by atoms with Gasteiger partial charge in [-0.1, -0.05) is 22.0 Å². The van der Waals surface area contributed by atoms with Crippen LogP contribution in [0.1, 0.15) is 46.6 Å². The molecule has 0 fully saturated rings. The van der Waals surface area contributed by atoms with Crippen LogP contribution in [0.25, 0.3) is 6.08 Å². The van der Waals surface area contributed by atoms with Crippen molar-refractivity contribution in [1.29, 1.82) is 0 Å². The van der Waals surface area contributed by atoms with E-state index in [1.807, 2.05) is 0 Å². The fourth-order valence-electron chi connectivity index (χ4n) is 2.63. The first-order chi connectivity index (χ1) is 6.86. The summed E-state index contributed by atoms with van der Waals surface area (Å²) in [5, 5.41) is 0. The molecule has 2 aliphatic carbocycles. The Morgan fingerprint density at radius 2 is 2.21 bits per heavy atom. The average Bonchev–Trinajstić information content (AvgIpc) is 2.59. The Bertz CT molecular complexity index is 389. The predicted octanol–water partition coefficient (Wildman–Crippen LogP) is 3.75. The van der Waals surface area contributed by atoms with E-state index >= 15 is 0 Å². The minimum absolute atomic E-state index is 0.560. The molecule has 2 aliphatic rings. The summed E-state index contributed by atoms with van der Waals surface area (Å²) in [6.07, 6.45) is 10.8. The smallest absolute Gasteiger partial charge is 0.0549 e. The summed E-state index contributed by atoms with van der Waals surface area (Å²) in [5.74, 6) is 0. The Labute approximate surface area is 92.7 Å². The molecule has 0 radical (unpaired) electrons. The van der Waals surface area contributed by atoms with E-state index in [2.05, 4.69) is 33.1 Å². The van der Waals surface area contributed by atoms with Gasteiger partial charge in [0.1, 0.15) is 0 Å². The molecule has 0 spiro atoms. The third kappa shape index (κ3) is 1.20. The summed E-state index contributed by atoms with van der Waals surface area (Å²) >= 11 is 3.76. The summed E-state index contributed by atoms with van der Waals surface area (Å²) < 4.78 is 0. The van der Waals surface area contributed by atoms with Crippen molar-refractivity contribution in [2.75, 3.05) is 0 Å². The van der Waals surface area contributed by atoms with Crippen molar-refractivity contribution in [3.63, 3.8) is 0 Å². The van der Waals surface area contributed by atoms with E-state index in [9.17, 15) is 0 Å². The highest BCUT2D eigenvalue weighted by atomic mass is 79.9. The highest BCUT2D eigenvalue weighted by molar-refractivity contribution is 9.09. The van der Waals surface area contributed by atoms with E-state index in [4.69, 9.17) is 0 Å². The topological polar surface area (TPSA) is 15.8 Å². The molecule has 14 heavy (non-hydrogen) atoms. The third-order valence-corrected chi connectivity index (χ3v) is 4.24. The number of H-pyrrole nitrogens is 1. The van der Waals surface area contributed by atoms with Gasteiger partial charge in [0.15, 0.2) is 0 Å². The van der Waals surface area contributed by atoms with Gasteiger partial charge in [0.25, 0.3) is 0 Å². The van der Waals surface area contributed by atoms with Crippen LogP contribution in [0, 0.1) is 0 Å². The Hall–Kier alpha value is -0.500. The Balaban J connectivity index is 2.16. The number of nitrogens with one attached hydrogen (secondary N) is 1. The van der Waals surface area contributed by atoms with Crippen LogP contribution in [0.2, 0.25) is 0 Å². The first-order valence-corrected chi connectivity index (χ1v) is 6.32. The molecule has 1 atom stereocenters. The van der Waals surface area contributed by atoms with Crippen LogP contribution in [0.5, 0.6) is 0 Å². The lowest BCUT2D eigenvalue weighted by molar-refractivity contribution is 0.668. The molecule has 0 bridgehead atoms. The average molecular weight is 252 g/mol. The van der Waals surface area contributed by atoms with Crippen LogP contribution in [-0.4, -0.2) is 4.98 Å². The van der Waals surface area contributed by atoms with E-state index < -0.39 is 0 Å². The standard InChI is InChI=1S/C12H14BrN/c13-10-6-3-5-9-8-4-1-2-7-11(8)14-12(9)10/h2,7,10,14H,1,3-6H2. The quantitative estimate of drug-likeness (QED) is 0.677. The summed E-state index contributed by atoms with van der Waals surface area (Å²) in [5.41, 5.74) is 6.02. The summed E-state index contributed by atoms with van der Waals surface area (Å²) in [6.45, 7) is 0. The van der Waals surface area contributed by atoms with E-state index in [1.165, 1.54) is 43.5 Å². The molecule has 1 N–H and O–H groups in total. The molecule has 3 rings (SSSR count). The summed E-state index contributed by atoms with van der Waals surface area (Å²) in [4.78, 5) is 4.13. The largest absolute Gasteiger partial charge is 0.358 e. The zero-order valence-corrected chi connectivity index (χ0v) is 9.73. The molecule has 1 aromatic rings. The van der Waals surface area contributed by atoms with E-state index in [-0.39, 0.29) is 0 Å². The zero-order valence-electron chi connectivity index (χ0n) is 8.15. The minimum Gasteiger partial charge on any atom is -0.358 e. The molecular weight excluding hydrogens is 238 g/mol. The third-order valence-electron chi connectivity index (χ3n) is 3.33. The van der Waals surface area contributed by atoms with Crippen LogP contribution in [0.4, 0.5) is 0 Å².